The molecule has 0 aromatic carbocycles. The van der Waals surface area contributed by atoms with Crippen LogP contribution in [-0.2, 0) is 0 Å². The van der Waals surface area contributed by atoms with Gasteiger partial charge in [-0.3, -0.25) is 9.69 Å². The van der Waals surface area contributed by atoms with Gasteiger partial charge in [0.05, 0.1) is 15.3 Å². The lowest BCUT2D eigenvalue weighted by atomic mass is 10.1. The first-order valence-electron chi connectivity index (χ1n) is 6.39. The van der Waals surface area contributed by atoms with Gasteiger partial charge in [0.2, 0.25) is 0 Å². The molecule has 1 atom stereocenters. The van der Waals surface area contributed by atoms with Gasteiger partial charge >= 0.3 is 0 Å². The van der Waals surface area contributed by atoms with E-state index in [1.54, 1.807) is 18.3 Å². The van der Waals surface area contributed by atoms with Crippen LogP contribution in [0.15, 0.2) is 24.5 Å². The second kappa shape index (κ2) is 5.55. The number of hydrogen-bond donors (Lipinski definition) is 1. The third-order valence-electron chi connectivity index (χ3n) is 3.55. The number of H-pyrrole nitrogens is 1. The van der Waals surface area contributed by atoms with E-state index in [-0.39, 0.29) is 11.9 Å². The van der Waals surface area contributed by atoms with Crippen molar-refractivity contribution in [3.8, 4) is 0 Å². The standard InChI is InChI=1S/C13H15ClN4OS/c1-17-6-7-18(8-9(17)12-15-4-5-16-12)13(19)10-2-3-11(14)20-10/h2-5,9H,6-8H2,1H3,(H,15,16)/t9-/m0/s1. The molecule has 3 rings (SSSR count). The highest BCUT2D eigenvalue weighted by atomic mass is 35.5. The Balaban J connectivity index is 1.77. The van der Waals surface area contributed by atoms with Gasteiger partial charge in [0.1, 0.15) is 5.82 Å². The zero-order valence-electron chi connectivity index (χ0n) is 11.0. The Kier molecular flexibility index (Phi) is 3.78. The molecule has 5 nitrogen and oxygen atoms in total. The molecule has 3 heterocycles. The molecule has 1 aliphatic rings. The summed E-state index contributed by atoms with van der Waals surface area (Å²) in [6.45, 7) is 2.19. The third kappa shape index (κ3) is 2.59. The Morgan fingerprint density at radius 2 is 2.35 bits per heavy atom. The predicted molar refractivity (Wildman–Crippen MR) is 79.2 cm³/mol. The molecule has 1 saturated heterocycles. The molecular formula is C13H15ClN4OS. The minimum atomic E-state index is 0.0477. The van der Waals surface area contributed by atoms with Gasteiger partial charge in [-0.05, 0) is 19.2 Å². The predicted octanol–water partition coefficient (Wildman–Crippen LogP) is 2.25. The van der Waals surface area contributed by atoms with Gasteiger partial charge in [-0.2, -0.15) is 0 Å². The maximum absolute atomic E-state index is 12.5. The van der Waals surface area contributed by atoms with Crippen LogP contribution in [-0.4, -0.2) is 52.4 Å². The molecule has 0 unspecified atom stereocenters. The summed E-state index contributed by atoms with van der Waals surface area (Å²) in [4.78, 5) is 24.7. The van der Waals surface area contributed by atoms with Crippen molar-refractivity contribution < 1.29 is 4.79 Å². The maximum atomic E-state index is 12.5. The van der Waals surface area contributed by atoms with E-state index in [4.69, 9.17) is 11.6 Å². The summed E-state index contributed by atoms with van der Waals surface area (Å²) >= 11 is 7.23. The van der Waals surface area contributed by atoms with Crippen LogP contribution in [0.25, 0.3) is 0 Å². The Hall–Kier alpha value is -1.37. The molecule has 1 aliphatic heterocycles. The minimum Gasteiger partial charge on any atom is -0.347 e. The molecule has 0 saturated carbocycles. The van der Waals surface area contributed by atoms with Crippen LogP contribution in [0.4, 0.5) is 0 Å². The first-order valence-corrected chi connectivity index (χ1v) is 7.58. The van der Waals surface area contributed by atoms with Crippen LogP contribution >= 0.6 is 22.9 Å². The van der Waals surface area contributed by atoms with E-state index in [0.29, 0.717) is 15.8 Å². The number of aromatic nitrogens is 2. The van der Waals surface area contributed by atoms with Crippen LogP contribution in [0.5, 0.6) is 0 Å². The molecule has 2 aromatic rings. The fourth-order valence-corrected chi connectivity index (χ4v) is 3.41. The summed E-state index contributed by atoms with van der Waals surface area (Å²) in [5.41, 5.74) is 0. The molecule has 1 N–H and O–H groups in total. The molecule has 0 radical (unpaired) electrons. The highest BCUT2D eigenvalue weighted by Gasteiger charge is 2.30. The highest BCUT2D eigenvalue weighted by Crippen LogP contribution is 2.26. The van der Waals surface area contributed by atoms with Crippen molar-refractivity contribution in [1.82, 2.24) is 19.8 Å². The average Bonchev–Trinajstić information content (AvgIpc) is 3.09. The van der Waals surface area contributed by atoms with Crippen LogP contribution in [0.2, 0.25) is 4.34 Å². The van der Waals surface area contributed by atoms with E-state index in [1.807, 2.05) is 11.1 Å². The van der Waals surface area contributed by atoms with E-state index < -0.39 is 0 Å². The SMILES string of the molecule is CN1CCN(C(=O)c2ccc(Cl)s2)C[C@H]1c1ncc[nH]1. The van der Waals surface area contributed by atoms with E-state index in [2.05, 4.69) is 21.9 Å². The normalized spacial score (nSPS) is 20.3. The monoisotopic (exact) mass is 310 g/mol. The summed E-state index contributed by atoms with van der Waals surface area (Å²) in [6, 6.07) is 3.66. The summed E-state index contributed by atoms with van der Waals surface area (Å²) in [5.74, 6) is 0.945. The van der Waals surface area contributed by atoms with Crippen LogP contribution in [0.1, 0.15) is 21.5 Å². The summed E-state index contributed by atoms with van der Waals surface area (Å²) < 4.78 is 0.644. The smallest absolute Gasteiger partial charge is 0.264 e. The number of halogens is 1. The Bertz CT molecular complexity index is 597. The van der Waals surface area contributed by atoms with Crippen molar-refractivity contribution >= 4 is 28.8 Å². The quantitative estimate of drug-likeness (QED) is 0.925. The second-order valence-electron chi connectivity index (χ2n) is 4.83. The first kappa shape index (κ1) is 13.6. The molecule has 106 valence electrons. The Labute approximate surface area is 126 Å². The van der Waals surface area contributed by atoms with Crippen LogP contribution in [0, 0.1) is 0 Å². The van der Waals surface area contributed by atoms with Gasteiger partial charge in [0.25, 0.3) is 5.91 Å². The molecule has 1 amide bonds. The molecule has 0 spiro atoms. The van der Waals surface area contributed by atoms with Crippen LogP contribution in [0.3, 0.4) is 0 Å². The summed E-state index contributed by atoms with van der Waals surface area (Å²) in [7, 11) is 2.05. The third-order valence-corrected chi connectivity index (χ3v) is 4.77. The highest BCUT2D eigenvalue weighted by molar-refractivity contribution is 7.17. The number of amides is 1. The van der Waals surface area contributed by atoms with Crippen LogP contribution < -0.4 is 0 Å². The molecule has 0 aliphatic carbocycles. The zero-order valence-corrected chi connectivity index (χ0v) is 12.6. The zero-order chi connectivity index (χ0) is 14.1. The number of likely N-dealkylation sites (N-methyl/N-ethyl adjacent to an activating group) is 1. The fraction of sp³-hybridized carbons (Fsp3) is 0.385. The lowest BCUT2D eigenvalue weighted by Gasteiger charge is -2.38. The average molecular weight is 311 g/mol. The van der Waals surface area contributed by atoms with E-state index in [0.717, 1.165) is 18.9 Å². The van der Waals surface area contributed by atoms with Crippen molar-refractivity contribution in [2.24, 2.45) is 0 Å². The molecule has 7 heteroatoms. The number of carbonyl (C=O) groups excluding carboxylic acids is 1. The van der Waals surface area contributed by atoms with Crippen molar-refractivity contribution in [3.63, 3.8) is 0 Å². The number of imidazole rings is 1. The van der Waals surface area contributed by atoms with Crippen molar-refractivity contribution in [1.29, 1.82) is 0 Å². The Morgan fingerprint density at radius 3 is 3.00 bits per heavy atom. The number of aromatic amines is 1. The number of piperazine rings is 1. The van der Waals surface area contributed by atoms with Gasteiger partial charge in [0, 0.05) is 32.0 Å². The number of rotatable bonds is 2. The van der Waals surface area contributed by atoms with Crippen molar-refractivity contribution in [3.05, 3.63) is 39.6 Å². The van der Waals surface area contributed by atoms with Crippen molar-refractivity contribution in [2.75, 3.05) is 26.7 Å². The lowest BCUT2D eigenvalue weighted by molar-refractivity contribution is 0.0539. The summed E-state index contributed by atoms with van der Waals surface area (Å²) in [5, 5.41) is 0. The topological polar surface area (TPSA) is 52.2 Å². The van der Waals surface area contributed by atoms with Gasteiger partial charge in [-0.1, -0.05) is 11.6 Å². The molecule has 20 heavy (non-hydrogen) atoms. The number of thiophene rings is 1. The van der Waals surface area contributed by atoms with E-state index in [1.165, 1.54) is 11.3 Å². The minimum absolute atomic E-state index is 0.0477. The number of hydrogen-bond acceptors (Lipinski definition) is 4. The van der Waals surface area contributed by atoms with Gasteiger partial charge in [-0.25, -0.2) is 4.98 Å². The van der Waals surface area contributed by atoms with Gasteiger partial charge in [0.15, 0.2) is 0 Å². The van der Waals surface area contributed by atoms with Gasteiger partial charge in [-0.15, -0.1) is 11.3 Å². The van der Waals surface area contributed by atoms with Crippen molar-refractivity contribution in [2.45, 2.75) is 6.04 Å². The maximum Gasteiger partial charge on any atom is 0.264 e. The van der Waals surface area contributed by atoms with Gasteiger partial charge < -0.3 is 9.88 Å². The number of nitrogens with zero attached hydrogens (tertiary/aromatic N) is 3. The second-order valence-corrected chi connectivity index (χ2v) is 6.54. The largest absolute Gasteiger partial charge is 0.347 e. The van der Waals surface area contributed by atoms with E-state index in [9.17, 15) is 4.79 Å². The first-order chi connectivity index (χ1) is 9.65. The Morgan fingerprint density at radius 1 is 1.50 bits per heavy atom. The molecule has 1 fully saturated rings. The molecule has 2 aromatic heterocycles. The summed E-state index contributed by atoms with van der Waals surface area (Å²) in [6.07, 6.45) is 3.55. The number of carbonyl (C=O) groups is 1. The fourth-order valence-electron chi connectivity index (χ4n) is 2.40. The number of nitrogens with one attached hydrogen (secondary N) is 1. The van der Waals surface area contributed by atoms with E-state index >= 15 is 0 Å². The molecular weight excluding hydrogens is 296 g/mol. The molecule has 0 bridgehead atoms. The lowest BCUT2D eigenvalue weighted by Crippen LogP contribution is -2.49.